The zero-order chi connectivity index (χ0) is 26.2. The quantitative estimate of drug-likeness (QED) is 0.345. The lowest BCUT2D eigenvalue weighted by molar-refractivity contribution is -0.329. The molecule has 1 spiro atoms. The van der Waals surface area contributed by atoms with Gasteiger partial charge < -0.3 is 32.8 Å². The van der Waals surface area contributed by atoms with Crippen LogP contribution in [0.15, 0.2) is 30.3 Å². The number of hydrogen-bond donors (Lipinski definition) is 0. The molecule has 8 nitrogen and oxygen atoms in total. The van der Waals surface area contributed by atoms with Crippen molar-refractivity contribution in [1.29, 1.82) is 0 Å². The molecule has 3 heterocycles. The third-order valence-corrected chi connectivity index (χ3v) is 12.2. The van der Waals surface area contributed by atoms with Gasteiger partial charge in [-0.1, -0.05) is 51.1 Å². The summed E-state index contributed by atoms with van der Waals surface area (Å²) in [4.78, 5) is 13.9. The van der Waals surface area contributed by atoms with Crippen LogP contribution in [0.5, 0.6) is 0 Å². The topological polar surface area (TPSA) is 81.7 Å². The Kier molecular flexibility index (Phi) is 8.03. The molecule has 0 bridgehead atoms. The van der Waals surface area contributed by atoms with Crippen LogP contribution in [0.4, 0.5) is 0 Å². The summed E-state index contributed by atoms with van der Waals surface area (Å²) in [5.74, 6) is -3.45. The molecule has 0 aliphatic carbocycles. The largest absolute Gasteiger partial charge is 0.452 e. The van der Waals surface area contributed by atoms with Crippen LogP contribution >= 0.6 is 0 Å². The van der Waals surface area contributed by atoms with Crippen molar-refractivity contribution in [2.75, 3.05) is 13.2 Å². The molecule has 4 rings (SSSR count). The van der Waals surface area contributed by atoms with E-state index >= 15 is 0 Å². The van der Waals surface area contributed by atoms with Crippen molar-refractivity contribution >= 4 is 14.3 Å². The van der Waals surface area contributed by atoms with Gasteiger partial charge in [0.2, 0.25) is 5.79 Å². The van der Waals surface area contributed by atoms with Crippen LogP contribution in [0.1, 0.15) is 54.0 Å². The van der Waals surface area contributed by atoms with E-state index in [9.17, 15) is 4.79 Å². The first kappa shape index (κ1) is 27.7. The van der Waals surface area contributed by atoms with Crippen molar-refractivity contribution in [2.24, 2.45) is 0 Å². The van der Waals surface area contributed by atoms with E-state index in [1.165, 1.54) is 0 Å². The lowest BCUT2D eigenvalue weighted by Gasteiger charge is -2.44. The van der Waals surface area contributed by atoms with Gasteiger partial charge in [-0.05, 0) is 51.4 Å². The van der Waals surface area contributed by atoms with E-state index in [0.717, 1.165) is 23.7 Å². The second kappa shape index (κ2) is 10.4. The van der Waals surface area contributed by atoms with E-state index in [-0.39, 0.29) is 19.3 Å². The fraction of sp³-hybridized carbons (Fsp3) is 0.741. The van der Waals surface area contributed by atoms with Crippen molar-refractivity contribution in [3.05, 3.63) is 35.9 Å². The van der Waals surface area contributed by atoms with E-state index in [2.05, 4.69) is 20.8 Å². The highest BCUT2D eigenvalue weighted by atomic mass is 28.4. The molecule has 9 heteroatoms. The Labute approximate surface area is 216 Å². The van der Waals surface area contributed by atoms with Crippen LogP contribution in [0, 0.1) is 0 Å². The second-order valence-electron chi connectivity index (χ2n) is 10.9. The molecular formula is C27H42O8Si. The van der Waals surface area contributed by atoms with E-state index in [4.69, 9.17) is 32.8 Å². The van der Waals surface area contributed by atoms with Crippen molar-refractivity contribution in [2.45, 2.75) is 115 Å². The summed E-state index contributed by atoms with van der Waals surface area (Å²) in [6.07, 6.45) is -2.15. The highest BCUT2D eigenvalue weighted by Gasteiger charge is 2.64. The van der Waals surface area contributed by atoms with Gasteiger partial charge in [0.15, 0.2) is 26.0 Å². The zero-order valence-corrected chi connectivity index (χ0v) is 23.7. The second-order valence-corrected chi connectivity index (χ2v) is 15.7. The Hall–Kier alpha value is -1.33. The third-order valence-electron chi connectivity index (χ3n) is 7.58. The predicted molar refractivity (Wildman–Crippen MR) is 136 cm³/mol. The molecule has 1 aromatic carbocycles. The zero-order valence-electron chi connectivity index (χ0n) is 22.7. The van der Waals surface area contributed by atoms with E-state index < -0.39 is 50.0 Å². The number of esters is 1. The fourth-order valence-corrected chi connectivity index (χ4v) is 8.21. The number of ether oxygens (including phenoxy) is 6. The minimum absolute atomic E-state index is 0.118. The van der Waals surface area contributed by atoms with Crippen molar-refractivity contribution < 1.29 is 37.6 Å². The maximum atomic E-state index is 13.9. The molecule has 3 fully saturated rings. The van der Waals surface area contributed by atoms with Gasteiger partial charge in [-0.15, -0.1) is 0 Å². The van der Waals surface area contributed by atoms with Crippen LogP contribution in [0.25, 0.3) is 0 Å². The maximum absolute atomic E-state index is 13.9. The molecule has 3 aliphatic rings. The molecule has 1 aromatic rings. The third kappa shape index (κ3) is 5.72. The Morgan fingerprint density at radius 3 is 2.25 bits per heavy atom. The molecule has 5 atom stereocenters. The summed E-state index contributed by atoms with van der Waals surface area (Å²) < 4.78 is 43.6. The number of rotatable bonds is 9. The first-order chi connectivity index (χ1) is 17.0. The van der Waals surface area contributed by atoms with Crippen LogP contribution in [0.3, 0.4) is 0 Å². The summed E-state index contributed by atoms with van der Waals surface area (Å²) >= 11 is 0. The fourth-order valence-electron chi connectivity index (χ4n) is 5.43. The Morgan fingerprint density at radius 1 is 1.00 bits per heavy atom. The average Bonchev–Trinajstić information content (AvgIpc) is 3.34. The van der Waals surface area contributed by atoms with Gasteiger partial charge >= 0.3 is 5.97 Å². The minimum Gasteiger partial charge on any atom is -0.452 e. The molecule has 0 radical (unpaired) electrons. The Balaban J connectivity index is 1.63. The van der Waals surface area contributed by atoms with E-state index in [1.54, 1.807) is 0 Å². The van der Waals surface area contributed by atoms with Gasteiger partial charge in [-0.3, -0.25) is 0 Å². The summed E-state index contributed by atoms with van der Waals surface area (Å²) in [6, 6.07) is 12.7. The lowest BCUT2D eigenvalue weighted by Crippen LogP contribution is -2.63. The van der Waals surface area contributed by atoms with Gasteiger partial charge in [0, 0.05) is 6.42 Å². The Morgan fingerprint density at radius 2 is 1.67 bits per heavy atom. The summed E-state index contributed by atoms with van der Waals surface area (Å²) in [7, 11) is -2.12. The number of fused-ring (bicyclic) bond motifs is 1. The lowest BCUT2D eigenvalue weighted by atomic mass is 9.97. The van der Waals surface area contributed by atoms with Crippen molar-refractivity contribution in [3.63, 3.8) is 0 Å². The van der Waals surface area contributed by atoms with Crippen molar-refractivity contribution in [1.82, 2.24) is 0 Å². The van der Waals surface area contributed by atoms with Crippen LogP contribution < -0.4 is 0 Å². The Bertz CT molecular complexity index is 892. The summed E-state index contributed by atoms with van der Waals surface area (Å²) in [6.45, 7) is 14.1. The molecule has 3 saturated heterocycles. The standard InChI is InChI=1S/C27H42O8Si/c1-8-36(9-2,10-3)34-20(16-19-14-12-11-13-15-19)24(28)31-23-22-21(32-26(6,7)33-22)17-29-27(23)18-30-25(4,5)35-27/h11-15,20-23H,8-10,16-18H2,1-7H3/t20-,21-,22-,23+,27+/m1/s1. The van der Waals surface area contributed by atoms with Crippen LogP contribution in [0.2, 0.25) is 18.1 Å². The van der Waals surface area contributed by atoms with E-state index in [1.807, 2.05) is 58.0 Å². The molecule has 0 unspecified atom stereocenters. The first-order valence-corrected chi connectivity index (χ1v) is 15.7. The molecule has 202 valence electrons. The number of benzene rings is 1. The molecule has 0 saturated carbocycles. The van der Waals surface area contributed by atoms with E-state index in [0.29, 0.717) is 6.42 Å². The summed E-state index contributed by atoms with van der Waals surface area (Å²) in [5.41, 5.74) is 1.02. The minimum atomic E-state index is -2.12. The van der Waals surface area contributed by atoms with Crippen LogP contribution in [-0.4, -0.2) is 69.3 Å². The highest BCUT2D eigenvalue weighted by molar-refractivity contribution is 6.73. The van der Waals surface area contributed by atoms with Crippen molar-refractivity contribution in [3.8, 4) is 0 Å². The molecule has 36 heavy (non-hydrogen) atoms. The number of carbonyl (C=O) groups is 1. The number of hydrogen-bond acceptors (Lipinski definition) is 8. The van der Waals surface area contributed by atoms with Gasteiger partial charge in [-0.2, -0.15) is 0 Å². The van der Waals surface area contributed by atoms with Gasteiger partial charge in [0.1, 0.15) is 24.9 Å². The summed E-state index contributed by atoms with van der Waals surface area (Å²) in [5, 5.41) is 0. The molecular weight excluding hydrogens is 480 g/mol. The molecule has 0 aromatic heterocycles. The van der Waals surface area contributed by atoms with Gasteiger partial charge in [0.25, 0.3) is 0 Å². The SMILES string of the molecule is CC[Si](CC)(CC)O[C@H](Cc1ccccc1)C(=O)O[C@H]1[C@@H]2OC(C)(C)O[C@@H]2CO[C@]12COC(C)(C)O2. The normalized spacial score (nSPS) is 31.8. The monoisotopic (exact) mass is 522 g/mol. The van der Waals surface area contributed by atoms with Gasteiger partial charge in [0.05, 0.1) is 6.61 Å². The van der Waals surface area contributed by atoms with Crippen LogP contribution in [-0.2, 0) is 44.1 Å². The number of carbonyl (C=O) groups excluding carboxylic acids is 1. The molecule has 3 aliphatic heterocycles. The molecule has 0 amide bonds. The first-order valence-electron chi connectivity index (χ1n) is 13.2. The smallest absolute Gasteiger partial charge is 0.334 e. The predicted octanol–water partition coefficient (Wildman–Crippen LogP) is 4.56. The molecule has 0 N–H and O–H groups in total. The maximum Gasteiger partial charge on any atom is 0.334 e. The highest BCUT2D eigenvalue weighted by Crippen LogP contribution is 2.45. The van der Waals surface area contributed by atoms with Gasteiger partial charge in [-0.25, -0.2) is 4.79 Å². The average molecular weight is 523 g/mol.